The lowest BCUT2D eigenvalue weighted by atomic mass is 10.0. The molecule has 130 valence electrons. The summed E-state index contributed by atoms with van der Waals surface area (Å²) in [6.07, 6.45) is 2.25. The second-order valence-corrected chi connectivity index (χ2v) is 6.31. The number of carbonyl (C=O) groups is 2. The van der Waals surface area contributed by atoms with E-state index >= 15 is 0 Å². The Morgan fingerprint density at radius 3 is 3.17 bits per heavy atom. The number of likely N-dealkylation sites (N-methyl/N-ethyl adjacent to an activating group) is 1. The van der Waals surface area contributed by atoms with Crippen molar-refractivity contribution in [2.45, 2.75) is 38.8 Å². The van der Waals surface area contributed by atoms with E-state index in [9.17, 15) is 9.59 Å². The van der Waals surface area contributed by atoms with E-state index in [2.05, 4.69) is 21.6 Å². The number of hydrogen-bond acceptors (Lipinski definition) is 4. The Morgan fingerprint density at radius 1 is 1.46 bits per heavy atom. The Labute approximate surface area is 142 Å². The molecule has 1 atom stereocenters. The fourth-order valence-corrected chi connectivity index (χ4v) is 3.33. The van der Waals surface area contributed by atoms with Crippen LogP contribution in [0.15, 0.2) is 18.2 Å². The number of aryl methyl sites for hydroxylation is 1. The number of benzene rings is 1. The second kappa shape index (κ2) is 7.66. The molecule has 3 rings (SSSR count). The number of hydrogen-bond donors (Lipinski definition) is 2. The van der Waals surface area contributed by atoms with Crippen LogP contribution in [0.1, 0.15) is 30.9 Å². The van der Waals surface area contributed by atoms with Crippen molar-refractivity contribution in [2.75, 3.05) is 26.2 Å². The molecule has 1 aromatic carbocycles. The van der Waals surface area contributed by atoms with Gasteiger partial charge in [-0.15, -0.1) is 0 Å². The first-order chi connectivity index (χ1) is 11.7. The fraction of sp³-hybridized carbons (Fsp3) is 0.556. The van der Waals surface area contributed by atoms with Crippen molar-refractivity contribution in [3.8, 4) is 5.75 Å². The SMILES string of the molecule is CCN1CCNC(=O)C1CC(=O)NCc1ccc2c(c1)CCCO2. The number of nitrogens with zero attached hydrogens (tertiary/aromatic N) is 1. The van der Waals surface area contributed by atoms with Crippen LogP contribution in [0.4, 0.5) is 0 Å². The molecule has 6 heteroatoms. The van der Waals surface area contributed by atoms with Gasteiger partial charge in [0.2, 0.25) is 11.8 Å². The van der Waals surface area contributed by atoms with E-state index in [-0.39, 0.29) is 24.3 Å². The van der Waals surface area contributed by atoms with Gasteiger partial charge in [-0.2, -0.15) is 0 Å². The molecule has 0 bridgehead atoms. The van der Waals surface area contributed by atoms with Gasteiger partial charge >= 0.3 is 0 Å². The van der Waals surface area contributed by atoms with Crippen molar-refractivity contribution >= 4 is 11.8 Å². The highest BCUT2D eigenvalue weighted by atomic mass is 16.5. The molecule has 1 aromatic rings. The van der Waals surface area contributed by atoms with Crippen LogP contribution < -0.4 is 15.4 Å². The summed E-state index contributed by atoms with van der Waals surface area (Å²) in [7, 11) is 0. The summed E-state index contributed by atoms with van der Waals surface area (Å²) >= 11 is 0. The zero-order valence-corrected chi connectivity index (χ0v) is 14.1. The first kappa shape index (κ1) is 16.8. The molecule has 24 heavy (non-hydrogen) atoms. The smallest absolute Gasteiger partial charge is 0.237 e. The molecule has 2 N–H and O–H groups in total. The molecule has 0 radical (unpaired) electrons. The average Bonchev–Trinajstić information content (AvgIpc) is 2.61. The van der Waals surface area contributed by atoms with Crippen molar-refractivity contribution in [1.29, 1.82) is 0 Å². The van der Waals surface area contributed by atoms with E-state index < -0.39 is 0 Å². The Bertz CT molecular complexity index is 618. The summed E-state index contributed by atoms with van der Waals surface area (Å²) in [4.78, 5) is 26.3. The quantitative estimate of drug-likeness (QED) is 0.839. The van der Waals surface area contributed by atoms with Gasteiger partial charge in [0.05, 0.1) is 19.1 Å². The standard InChI is InChI=1S/C18H25N3O3/c1-2-21-8-7-19-18(23)15(21)11-17(22)20-12-13-5-6-16-14(10-13)4-3-9-24-16/h5-6,10,15H,2-4,7-9,11-12H2,1H3,(H,19,23)(H,20,22). The van der Waals surface area contributed by atoms with Gasteiger partial charge in [-0.1, -0.05) is 19.1 Å². The van der Waals surface area contributed by atoms with Crippen LogP contribution in [0.5, 0.6) is 5.75 Å². The van der Waals surface area contributed by atoms with Gasteiger partial charge in [-0.3, -0.25) is 14.5 Å². The molecular formula is C18H25N3O3. The van der Waals surface area contributed by atoms with Crippen LogP contribution in [-0.4, -0.2) is 49.0 Å². The summed E-state index contributed by atoms with van der Waals surface area (Å²) in [6, 6.07) is 5.69. The lowest BCUT2D eigenvalue weighted by Crippen LogP contribution is -2.56. The fourth-order valence-electron chi connectivity index (χ4n) is 3.33. The van der Waals surface area contributed by atoms with Crippen molar-refractivity contribution in [3.63, 3.8) is 0 Å². The highest BCUT2D eigenvalue weighted by Gasteiger charge is 2.30. The van der Waals surface area contributed by atoms with E-state index in [0.29, 0.717) is 13.1 Å². The molecule has 0 saturated carbocycles. The van der Waals surface area contributed by atoms with Gasteiger partial charge in [0.1, 0.15) is 5.75 Å². The van der Waals surface area contributed by atoms with Crippen LogP contribution in [0.25, 0.3) is 0 Å². The van der Waals surface area contributed by atoms with Crippen LogP contribution in [0.3, 0.4) is 0 Å². The maximum absolute atomic E-state index is 12.2. The summed E-state index contributed by atoms with van der Waals surface area (Å²) in [6.45, 7) is 5.49. The second-order valence-electron chi connectivity index (χ2n) is 6.31. The number of carbonyl (C=O) groups excluding carboxylic acids is 2. The molecule has 1 fully saturated rings. The molecular weight excluding hydrogens is 306 g/mol. The van der Waals surface area contributed by atoms with Crippen LogP contribution in [0.2, 0.25) is 0 Å². The Hall–Kier alpha value is -2.08. The summed E-state index contributed by atoms with van der Waals surface area (Å²) in [5, 5.41) is 5.77. The molecule has 1 saturated heterocycles. The van der Waals surface area contributed by atoms with Crippen molar-refractivity contribution in [3.05, 3.63) is 29.3 Å². The van der Waals surface area contributed by atoms with Crippen LogP contribution >= 0.6 is 0 Å². The highest BCUT2D eigenvalue weighted by Crippen LogP contribution is 2.25. The predicted octanol–water partition coefficient (Wildman–Crippen LogP) is 0.838. The molecule has 2 aliphatic rings. The molecule has 0 aromatic heterocycles. The maximum atomic E-state index is 12.2. The van der Waals surface area contributed by atoms with Gasteiger partial charge in [0.15, 0.2) is 0 Å². The van der Waals surface area contributed by atoms with Crippen LogP contribution in [0, 0.1) is 0 Å². The van der Waals surface area contributed by atoms with E-state index in [1.807, 2.05) is 19.1 Å². The zero-order valence-electron chi connectivity index (χ0n) is 14.1. The van der Waals surface area contributed by atoms with Gasteiger partial charge in [-0.05, 0) is 36.6 Å². The normalized spacial score (nSPS) is 20.7. The predicted molar refractivity (Wildman–Crippen MR) is 90.8 cm³/mol. The van der Waals surface area contributed by atoms with Crippen LogP contribution in [-0.2, 0) is 22.6 Å². The molecule has 1 unspecified atom stereocenters. The first-order valence-electron chi connectivity index (χ1n) is 8.70. The minimum atomic E-state index is -0.360. The highest BCUT2D eigenvalue weighted by molar-refractivity contribution is 5.88. The third kappa shape index (κ3) is 3.87. The minimum absolute atomic E-state index is 0.0517. The lowest BCUT2D eigenvalue weighted by Gasteiger charge is -2.33. The monoisotopic (exact) mass is 331 g/mol. The largest absolute Gasteiger partial charge is 0.493 e. The number of fused-ring (bicyclic) bond motifs is 1. The topological polar surface area (TPSA) is 70.7 Å². The zero-order chi connectivity index (χ0) is 16.9. The molecule has 0 spiro atoms. The summed E-state index contributed by atoms with van der Waals surface area (Å²) in [5.41, 5.74) is 2.27. The average molecular weight is 331 g/mol. The third-order valence-corrected chi connectivity index (χ3v) is 4.69. The molecule has 2 aliphatic heterocycles. The summed E-state index contributed by atoms with van der Waals surface area (Å²) < 4.78 is 5.60. The molecule has 0 aliphatic carbocycles. The van der Waals surface area contributed by atoms with E-state index in [1.54, 1.807) is 0 Å². The number of nitrogens with one attached hydrogen (secondary N) is 2. The van der Waals surface area contributed by atoms with Gasteiger partial charge in [0, 0.05) is 19.6 Å². The Kier molecular flexibility index (Phi) is 5.35. The van der Waals surface area contributed by atoms with E-state index in [0.717, 1.165) is 43.9 Å². The summed E-state index contributed by atoms with van der Waals surface area (Å²) in [5.74, 6) is 0.808. The number of amides is 2. The first-order valence-corrected chi connectivity index (χ1v) is 8.70. The van der Waals surface area contributed by atoms with Crippen molar-refractivity contribution in [2.24, 2.45) is 0 Å². The third-order valence-electron chi connectivity index (χ3n) is 4.69. The molecule has 2 amide bonds. The minimum Gasteiger partial charge on any atom is -0.493 e. The number of ether oxygens (including phenoxy) is 1. The van der Waals surface area contributed by atoms with Gasteiger partial charge in [-0.25, -0.2) is 0 Å². The van der Waals surface area contributed by atoms with E-state index in [1.165, 1.54) is 5.56 Å². The Morgan fingerprint density at radius 2 is 2.33 bits per heavy atom. The molecule has 2 heterocycles. The van der Waals surface area contributed by atoms with Crippen molar-refractivity contribution in [1.82, 2.24) is 15.5 Å². The molecule has 6 nitrogen and oxygen atoms in total. The number of rotatable bonds is 5. The number of piperazine rings is 1. The lowest BCUT2D eigenvalue weighted by molar-refractivity contribution is -0.133. The maximum Gasteiger partial charge on any atom is 0.237 e. The van der Waals surface area contributed by atoms with Gasteiger partial charge in [0.25, 0.3) is 0 Å². The van der Waals surface area contributed by atoms with Gasteiger partial charge < -0.3 is 15.4 Å². The Balaban J connectivity index is 1.54. The van der Waals surface area contributed by atoms with Crippen molar-refractivity contribution < 1.29 is 14.3 Å². The van der Waals surface area contributed by atoms with E-state index in [4.69, 9.17) is 4.74 Å².